The predicted octanol–water partition coefficient (Wildman–Crippen LogP) is 4.74. The van der Waals surface area contributed by atoms with Gasteiger partial charge in [0.25, 0.3) is 5.91 Å². The highest BCUT2D eigenvalue weighted by atomic mass is 79.9. The van der Waals surface area contributed by atoms with E-state index in [4.69, 9.17) is 4.74 Å². The summed E-state index contributed by atoms with van der Waals surface area (Å²) in [4.78, 5) is 27.6. The van der Waals surface area contributed by atoms with E-state index >= 15 is 0 Å². The summed E-state index contributed by atoms with van der Waals surface area (Å²) in [6.45, 7) is 2.17. The Labute approximate surface area is 193 Å². The molecule has 1 N–H and O–H groups in total. The number of benzene rings is 2. The van der Waals surface area contributed by atoms with Gasteiger partial charge in [-0.1, -0.05) is 65.5 Å². The van der Waals surface area contributed by atoms with Crippen LogP contribution >= 0.6 is 15.9 Å². The SMILES string of the molecule is C[C@H](C(=O)NC1CCCCC1)N(CCc1ccccc1)C(=O)COc1ccc(Br)cc1. The van der Waals surface area contributed by atoms with Crippen molar-refractivity contribution in [2.24, 2.45) is 0 Å². The van der Waals surface area contributed by atoms with E-state index in [-0.39, 0.29) is 24.5 Å². The first kappa shape index (κ1) is 23.3. The van der Waals surface area contributed by atoms with Gasteiger partial charge in [0.2, 0.25) is 5.91 Å². The van der Waals surface area contributed by atoms with Crippen LogP contribution in [0.1, 0.15) is 44.6 Å². The largest absolute Gasteiger partial charge is 0.484 e. The Bertz CT molecular complexity index is 836. The van der Waals surface area contributed by atoms with Crippen LogP contribution in [0.5, 0.6) is 5.75 Å². The first-order valence-electron chi connectivity index (χ1n) is 11.0. The second-order valence-electron chi connectivity index (χ2n) is 8.08. The van der Waals surface area contributed by atoms with Crippen molar-refractivity contribution in [3.8, 4) is 5.75 Å². The summed E-state index contributed by atoms with van der Waals surface area (Å²) in [7, 11) is 0. The van der Waals surface area contributed by atoms with Gasteiger partial charge in [-0.3, -0.25) is 9.59 Å². The van der Waals surface area contributed by atoms with Gasteiger partial charge in [-0.25, -0.2) is 0 Å². The number of halogens is 1. The van der Waals surface area contributed by atoms with Gasteiger partial charge in [-0.2, -0.15) is 0 Å². The van der Waals surface area contributed by atoms with Crippen molar-refractivity contribution in [3.63, 3.8) is 0 Å². The highest BCUT2D eigenvalue weighted by Crippen LogP contribution is 2.19. The van der Waals surface area contributed by atoms with Gasteiger partial charge in [0, 0.05) is 17.1 Å². The number of rotatable bonds is 9. The van der Waals surface area contributed by atoms with Crippen molar-refractivity contribution in [2.75, 3.05) is 13.2 Å². The molecule has 0 spiro atoms. The minimum Gasteiger partial charge on any atom is -0.484 e. The van der Waals surface area contributed by atoms with Crippen LogP contribution in [-0.4, -0.2) is 41.9 Å². The first-order chi connectivity index (χ1) is 15.0. The van der Waals surface area contributed by atoms with Crippen LogP contribution in [0.15, 0.2) is 59.1 Å². The van der Waals surface area contributed by atoms with E-state index in [1.807, 2.05) is 54.6 Å². The number of ether oxygens (including phenoxy) is 1. The van der Waals surface area contributed by atoms with Gasteiger partial charge in [-0.15, -0.1) is 0 Å². The number of carbonyl (C=O) groups excluding carboxylic acids is 2. The Hall–Kier alpha value is -2.34. The zero-order valence-electron chi connectivity index (χ0n) is 18.1. The fraction of sp³-hybridized carbons (Fsp3) is 0.440. The molecule has 3 rings (SSSR count). The van der Waals surface area contributed by atoms with Crippen molar-refractivity contribution in [1.29, 1.82) is 0 Å². The molecule has 2 amide bonds. The molecule has 0 aromatic heterocycles. The fourth-order valence-corrected chi connectivity index (χ4v) is 4.16. The summed E-state index contributed by atoms with van der Waals surface area (Å²) >= 11 is 3.39. The van der Waals surface area contributed by atoms with Crippen LogP contribution in [-0.2, 0) is 16.0 Å². The zero-order valence-corrected chi connectivity index (χ0v) is 19.6. The molecule has 1 aliphatic carbocycles. The second-order valence-corrected chi connectivity index (χ2v) is 9.00. The molecular weight excluding hydrogens is 456 g/mol. The van der Waals surface area contributed by atoms with E-state index in [2.05, 4.69) is 21.2 Å². The predicted molar refractivity (Wildman–Crippen MR) is 126 cm³/mol. The van der Waals surface area contributed by atoms with Gasteiger partial charge in [-0.05, 0) is 56.0 Å². The second kappa shape index (κ2) is 11.9. The molecule has 31 heavy (non-hydrogen) atoms. The van der Waals surface area contributed by atoms with Crippen LogP contribution in [0.4, 0.5) is 0 Å². The summed E-state index contributed by atoms with van der Waals surface area (Å²) in [5.41, 5.74) is 1.13. The molecular formula is C25H31BrN2O3. The minimum atomic E-state index is -0.549. The Morgan fingerprint density at radius 2 is 1.74 bits per heavy atom. The quantitative estimate of drug-likeness (QED) is 0.556. The third-order valence-electron chi connectivity index (χ3n) is 5.78. The molecule has 0 radical (unpaired) electrons. The van der Waals surface area contributed by atoms with E-state index < -0.39 is 6.04 Å². The minimum absolute atomic E-state index is 0.0862. The molecule has 5 nitrogen and oxygen atoms in total. The lowest BCUT2D eigenvalue weighted by molar-refractivity contribution is -0.141. The molecule has 0 unspecified atom stereocenters. The summed E-state index contributed by atoms with van der Waals surface area (Å²) in [5.74, 6) is 0.348. The molecule has 2 aromatic rings. The van der Waals surface area contributed by atoms with Gasteiger partial charge in [0.1, 0.15) is 11.8 Å². The molecule has 1 aliphatic rings. The highest BCUT2D eigenvalue weighted by molar-refractivity contribution is 9.10. The number of nitrogens with one attached hydrogen (secondary N) is 1. The summed E-state index contributed by atoms with van der Waals surface area (Å²) < 4.78 is 6.64. The van der Waals surface area contributed by atoms with Crippen molar-refractivity contribution in [2.45, 2.75) is 57.5 Å². The molecule has 0 bridgehead atoms. The molecule has 1 fully saturated rings. The molecule has 2 aromatic carbocycles. The Morgan fingerprint density at radius 1 is 1.06 bits per heavy atom. The van der Waals surface area contributed by atoms with Crippen molar-refractivity contribution >= 4 is 27.7 Å². The van der Waals surface area contributed by atoms with Gasteiger partial charge in [0.15, 0.2) is 6.61 Å². The number of nitrogens with zero attached hydrogens (tertiary/aromatic N) is 1. The van der Waals surface area contributed by atoms with E-state index in [9.17, 15) is 9.59 Å². The van der Waals surface area contributed by atoms with E-state index in [1.54, 1.807) is 11.8 Å². The molecule has 166 valence electrons. The molecule has 1 saturated carbocycles. The van der Waals surface area contributed by atoms with E-state index in [1.165, 1.54) is 6.42 Å². The number of carbonyl (C=O) groups is 2. The van der Waals surface area contributed by atoms with E-state index in [0.717, 1.165) is 35.7 Å². The summed E-state index contributed by atoms with van der Waals surface area (Å²) in [6.07, 6.45) is 6.25. The van der Waals surface area contributed by atoms with Crippen molar-refractivity contribution < 1.29 is 14.3 Å². The molecule has 0 heterocycles. The number of hydrogen-bond donors (Lipinski definition) is 1. The summed E-state index contributed by atoms with van der Waals surface area (Å²) in [6, 6.07) is 17.0. The lowest BCUT2D eigenvalue weighted by Crippen LogP contribution is -2.52. The average Bonchev–Trinajstić information content (AvgIpc) is 2.80. The fourth-order valence-electron chi connectivity index (χ4n) is 3.90. The van der Waals surface area contributed by atoms with Crippen LogP contribution in [0.3, 0.4) is 0 Å². The van der Waals surface area contributed by atoms with Gasteiger partial charge >= 0.3 is 0 Å². The highest BCUT2D eigenvalue weighted by Gasteiger charge is 2.28. The standard InChI is InChI=1S/C25H31BrN2O3/c1-19(25(30)27-22-10-6-3-7-11-22)28(17-16-20-8-4-2-5-9-20)24(29)18-31-23-14-12-21(26)13-15-23/h2,4-5,8-9,12-15,19,22H,3,6-7,10-11,16-18H2,1H3,(H,27,30)/t19-/m1/s1. The van der Waals surface area contributed by atoms with Gasteiger partial charge in [0.05, 0.1) is 0 Å². The van der Waals surface area contributed by atoms with E-state index in [0.29, 0.717) is 18.7 Å². The van der Waals surface area contributed by atoms with Crippen LogP contribution < -0.4 is 10.1 Å². The smallest absolute Gasteiger partial charge is 0.261 e. The third kappa shape index (κ3) is 7.39. The third-order valence-corrected chi connectivity index (χ3v) is 6.31. The molecule has 1 atom stereocenters. The Morgan fingerprint density at radius 3 is 2.42 bits per heavy atom. The number of amides is 2. The van der Waals surface area contributed by atoms with Crippen LogP contribution in [0.25, 0.3) is 0 Å². The van der Waals surface area contributed by atoms with Gasteiger partial charge < -0.3 is 15.0 Å². The van der Waals surface area contributed by atoms with Crippen molar-refractivity contribution in [3.05, 3.63) is 64.6 Å². The number of hydrogen-bond acceptors (Lipinski definition) is 3. The average molecular weight is 487 g/mol. The summed E-state index contributed by atoms with van der Waals surface area (Å²) in [5, 5.41) is 3.15. The monoisotopic (exact) mass is 486 g/mol. The van der Waals surface area contributed by atoms with Crippen molar-refractivity contribution in [1.82, 2.24) is 10.2 Å². The Kier molecular flexibility index (Phi) is 8.95. The Balaban J connectivity index is 1.63. The van der Waals surface area contributed by atoms with Crippen LogP contribution in [0.2, 0.25) is 0 Å². The lowest BCUT2D eigenvalue weighted by atomic mass is 9.95. The zero-order chi connectivity index (χ0) is 22.1. The first-order valence-corrected chi connectivity index (χ1v) is 11.8. The van der Waals surface area contributed by atoms with Crippen LogP contribution in [0, 0.1) is 0 Å². The maximum absolute atomic E-state index is 13.1. The maximum atomic E-state index is 13.1. The maximum Gasteiger partial charge on any atom is 0.261 e. The lowest BCUT2D eigenvalue weighted by Gasteiger charge is -2.31. The molecule has 0 saturated heterocycles. The normalized spacial score (nSPS) is 15.2. The molecule has 6 heteroatoms. The topological polar surface area (TPSA) is 58.6 Å². The molecule has 0 aliphatic heterocycles.